The number of thioether (sulfide) groups is 1. The molecule has 2 N–H and O–H groups in total. The third-order valence-corrected chi connectivity index (χ3v) is 3.67. The van der Waals surface area contributed by atoms with Crippen molar-refractivity contribution in [3.05, 3.63) is 11.6 Å². The molecular weight excluding hydrogens is 399 g/mol. The molecule has 0 saturated carbocycles. The van der Waals surface area contributed by atoms with Crippen LogP contribution in [-0.4, -0.2) is 45.8 Å². The van der Waals surface area contributed by atoms with E-state index in [0.29, 0.717) is 6.54 Å². The normalized spacial score (nSPS) is 11.1. The monoisotopic (exact) mass is 426 g/mol. The Kier molecular flexibility index (Phi) is 11.8. The van der Waals surface area contributed by atoms with Crippen molar-refractivity contribution in [1.29, 1.82) is 0 Å². The van der Waals surface area contributed by atoms with Crippen LogP contribution in [0.15, 0.2) is 4.99 Å². The Morgan fingerprint density at radius 1 is 1.29 bits per heavy atom. The van der Waals surface area contributed by atoms with E-state index in [1.165, 1.54) is 12.2 Å². The first kappa shape index (κ1) is 20.5. The molecule has 0 radical (unpaired) electrons. The lowest BCUT2D eigenvalue weighted by Crippen LogP contribution is -2.37. The lowest BCUT2D eigenvalue weighted by Gasteiger charge is -2.10. The summed E-state index contributed by atoms with van der Waals surface area (Å²) in [7, 11) is 1.96. The van der Waals surface area contributed by atoms with Crippen LogP contribution in [0.2, 0.25) is 0 Å². The topological polar surface area (TPSA) is 67.1 Å². The third kappa shape index (κ3) is 7.89. The molecule has 0 unspecified atom stereocenters. The largest absolute Gasteiger partial charge is 0.357 e. The Morgan fingerprint density at radius 2 is 2.05 bits per heavy atom. The van der Waals surface area contributed by atoms with Crippen molar-refractivity contribution in [2.75, 3.05) is 25.1 Å². The van der Waals surface area contributed by atoms with Crippen LogP contribution < -0.4 is 10.6 Å². The van der Waals surface area contributed by atoms with Gasteiger partial charge in [0.1, 0.15) is 12.4 Å². The van der Waals surface area contributed by atoms with Gasteiger partial charge in [0.15, 0.2) is 11.8 Å². The molecule has 0 aromatic carbocycles. The standard InChI is InChI=1S/C13H26N6S.HI/c1-5-14-13(15-8-6-7-9-20-4)16-10-12-18-17-11(2)19(12)3;/h5-10H2,1-4H3,(H2,14,15,16);1H. The van der Waals surface area contributed by atoms with Crippen molar-refractivity contribution in [3.8, 4) is 0 Å². The summed E-state index contributed by atoms with van der Waals surface area (Å²) in [5.74, 6) is 3.85. The van der Waals surface area contributed by atoms with Gasteiger partial charge in [0.25, 0.3) is 0 Å². The van der Waals surface area contributed by atoms with Gasteiger partial charge in [0.05, 0.1) is 0 Å². The Labute approximate surface area is 149 Å². The van der Waals surface area contributed by atoms with Crippen LogP contribution in [0, 0.1) is 6.92 Å². The van der Waals surface area contributed by atoms with Gasteiger partial charge in [-0.1, -0.05) is 0 Å². The average molecular weight is 426 g/mol. The lowest BCUT2D eigenvalue weighted by atomic mass is 10.3. The second-order valence-corrected chi connectivity index (χ2v) is 5.53. The number of aromatic nitrogens is 3. The first-order valence-corrected chi connectivity index (χ1v) is 8.44. The molecule has 0 bridgehead atoms. The molecule has 1 heterocycles. The predicted molar refractivity (Wildman–Crippen MR) is 102 cm³/mol. The van der Waals surface area contributed by atoms with Crippen LogP contribution in [-0.2, 0) is 13.6 Å². The molecule has 0 spiro atoms. The van der Waals surface area contributed by atoms with E-state index in [2.05, 4.69) is 39.0 Å². The highest BCUT2D eigenvalue weighted by Gasteiger charge is 2.04. The number of guanidine groups is 1. The van der Waals surface area contributed by atoms with Gasteiger partial charge in [-0.3, -0.25) is 0 Å². The zero-order chi connectivity index (χ0) is 14.8. The summed E-state index contributed by atoms with van der Waals surface area (Å²) < 4.78 is 1.96. The van der Waals surface area contributed by atoms with Gasteiger partial charge >= 0.3 is 0 Å². The van der Waals surface area contributed by atoms with Gasteiger partial charge < -0.3 is 15.2 Å². The summed E-state index contributed by atoms with van der Waals surface area (Å²) >= 11 is 1.89. The first-order chi connectivity index (χ1) is 9.69. The highest BCUT2D eigenvalue weighted by Crippen LogP contribution is 2.00. The minimum atomic E-state index is 0. The number of unbranched alkanes of at least 4 members (excludes halogenated alkanes) is 1. The smallest absolute Gasteiger partial charge is 0.191 e. The maximum absolute atomic E-state index is 4.54. The molecule has 1 aromatic heterocycles. The van der Waals surface area contributed by atoms with Crippen molar-refractivity contribution in [2.24, 2.45) is 12.0 Å². The minimum absolute atomic E-state index is 0. The fraction of sp³-hybridized carbons (Fsp3) is 0.769. The van der Waals surface area contributed by atoms with Crippen LogP contribution >= 0.6 is 35.7 Å². The number of nitrogens with zero attached hydrogens (tertiary/aromatic N) is 4. The minimum Gasteiger partial charge on any atom is -0.357 e. The molecule has 0 aliphatic carbocycles. The molecule has 0 amide bonds. The van der Waals surface area contributed by atoms with E-state index in [4.69, 9.17) is 0 Å². The quantitative estimate of drug-likeness (QED) is 0.288. The molecule has 0 atom stereocenters. The fourth-order valence-electron chi connectivity index (χ4n) is 1.66. The summed E-state index contributed by atoms with van der Waals surface area (Å²) in [5.41, 5.74) is 0. The van der Waals surface area contributed by atoms with Crippen molar-refractivity contribution in [3.63, 3.8) is 0 Å². The fourth-order valence-corrected chi connectivity index (χ4v) is 2.15. The number of hydrogen-bond acceptors (Lipinski definition) is 4. The second kappa shape index (κ2) is 12.1. The second-order valence-electron chi connectivity index (χ2n) is 4.54. The van der Waals surface area contributed by atoms with E-state index in [0.717, 1.165) is 37.1 Å². The first-order valence-electron chi connectivity index (χ1n) is 7.05. The van der Waals surface area contributed by atoms with E-state index < -0.39 is 0 Å². The van der Waals surface area contributed by atoms with Gasteiger partial charge in [-0.15, -0.1) is 34.2 Å². The van der Waals surface area contributed by atoms with Gasteiger partial charge in [0, 0.05) is 20.1 Å². The molecular formula is C13H27IN6S. The number of aliphatic imine (C=N–C) groups is 1. The molecule has 21 heavy (non-hydrogen) atoms. The molecule has 122 valence electrons. The number of hydrogen-bond donors (Lipinski definition) is 2. The predicted octanol–water partition coefficient (Wildman–Crippen LogP) is 1.94. The number of aryl methyl sites for hydroxylation is 1. The Bertz CT molecular complexity index is 421. The SMILES string of the molecule is CCNC(=NCc1nnc(C)n1C)NCCCCSC.I. The van der Waals surface area contributed by atoms with Crippen LogP contribution in [0.5, 0.6) is 0 Å². The van der Waals surface area contributed by atoms with Crippen molar-refractivity contribution in [2.45, 2.75) is 33.2 Å². The maximum atomic E-state index is 4.54. The summed E-state index contributed by atoms with van der Waals surface area (Å²) in [5, 5.41) is 14.7. The Hall–Kier alpha value is -0.510. The van der Waals surface area contributed by atoms with Gasteiger partial charge in [-0.2, -0.15) is 11.8 Å². The zero-order valence-corrected chi connectivity index (χ0v) is 16.5. The maximum Gasteiger partial charge on any atom is 0.191 e. The van der Waals surface area contributed by atoms with Crippen LogP contribution in [0.4, 0.5) is 0 Å². The summed E-state index contributed by atoms with van der Waals surface area (Å²) in [4.78, 5) is 4.54. The molecule has 0 aliphatic heterocycles. The number of halogens is 1. The summed E-state index contributed by atoms with van der Waals surface area (Å²) in [6.07, 6.45) is 4.53. The molecule has 6 nitrogen and oxygen atoms in total. The van der Waals surface area contributed by atoms with Gasteiger partial charge in [-0.05, 0) is 38.7 Å². The van der Waals surface area contributed by atoms with Crippen molar-refractivity contribution < 1.29 is 0 Å². The van der Waals surface area contributed by atoms with E-state index in [1.807, 2.05) is 30.3 Å². The highest BCUT2D eigenvalue weighted by atomic mass is 127. The molecule has 0 aliphatic rings. The van der Waals surface area contributed by atoms with E-state index in [-0.39, 0.29) is 24.0 Å². The average Bonchev–Trinajstić information content (AvgIpc) is 2.76. The lowest BCUT2D eigenvalue weighted by molar-refractivity contribution is 0.724. The van der Waals surface area contributed by atoms with Gasteiger partial charge in [0.2, 0.25) is 0 Å². The van der Waals surface area contributed by atoms with Crippen molar-refractivity contribution in [1.82, 2.24) is 25.4 Å². The van der Waals surface area contributed by atoms with Crippen LogP contribution in [0.25, 0.3) is 0 Å². The Morgan fingerprint density at radius 3 is 2.62 bits per heavy atom. The molecule has 1 aromatic rings. The van der Waals surface area contributed by atoms with E-state index in [9.17, 15) is 0 Å². The summed E-state index contributed by atoms with van der Waals surface area (Å²) in [6, 6.07) is 0. The number of nitrogens with one attached hydrogen (secondary N) is 2. The molecule has 1 rings (SSSR count). The molecule has 8 heteroatoms. The van der Waals surface area contributed by atoms with Crippen LogP contribution in [0.1, 0.15) is 31.4 Å². The van der Waals surface area contributed by atoms with Crippen LogP contribution in [0.3, 0.4) is 0 Å². The van der Waals surface area contributed by atoms with E-state index >= 15 is 0 Å². The number of rotatable bonds is 8. The Balaban J connectivity index is 0.00000400. The molecule has 0 saturated heterocycles. The van der Waals surface area contributed by atoms with E-state index in [1.54, 1.807) is 0 Å². The third-order valence-electron chi connectivity index (χ3n) is 2.97. The zero-order valence-electron chi connectivity index (χ0n) is 13.3. The molecule has 0 fully saturated rings. The highest BCUT2D eigenvalue weighted by molar-refractivity contribution is 14.0. The van der Waals surface area contributed by atoms with Crippen molar-refractivity contribution >= 4 is 41.7 Å². The summed E-state index contributed by atoms with van der Waals surface area (Å²) in [6.45, 7) is 6.35. The van der Waals surface area contributed by atoms with Gasteiger partial charge in [-0.25, -0.2) is 4.99 Å².